The summed E-state index contributed by atoms with van der Waals surface area (Å²) in [6, 6.07) is 6.01. The summed E-state index contributed by atoms with van der Waals surface area (Å²) in [5.74, 6) is -3.91. The fraction of sp³-hybridized carbons (Fsp3) is 0.176. The van der Waals surface area contributed by atoms with Gasteiger partial charge in [0.25, 0.3) is 5.91 Å². The van der Waals surface area contributed by atoms with E-state index in [4.69, 9.17) is 10.00 Å². The van der Waals surface area contributed by atoms with Crippen molar-refractivity contribution in [3.8, 4) is 6.07 Å². The van der Waals surface area contributed by atoms with E-state index < -0.39 is 35.7 Å². The number of nitrogens with one attached hydrogen (secondary N) is 2. The number of benzene rings is 1. The van der Waals surface area contributed by atoms with Crippen LogP contribution in [-0.2, 0) is 14.3 Å². The van der Waals surface area contributed by atoms with Gasteiger partial charge in [-0.2, -0.15) is 5.26 Å². The lowest BCUT2D eigenvalue weighted by atomic mass is 10.2. The number of halogens is 2. The molecule has 1 aromatic heterocycles. The molecule has 0 radical (unpaired) electrons. The predicted octanol–water partition coefficient (Wildman–Crippen LogP) is 2.11. The van der Waals surface area contributed by atoms with Crippen LogP contribution in [0.4, 0.5) is 14.5 Å². The zero-order chi connectivity index (χ0) is 20.0. The Labute approximate surface area is 156 Å². The van der Waals surface area contributed by atoms with Gasteiger partial charge in [-0.05, 0) is 24.6 Å². The van der Waals surface area contributed by atoms with Crippen LogP contribution >= 0.6 is 11.8 Å². The van der Waals surface area contributed by atoms with Gasteiger partial charge in [0.2, 0.25) is 5.56 Å². The van der Waals surface area contributed by atoms with Crippen LogP contribution in [0.15, 0.2) is 34.1 Å². The Morgan fingerprint density at radius 1 is 1.30 bits per heavy atom. The summed E-state index contributed by atoms with van der Waals surface area (Å²) >= 11 is 0.892. The van der Waals surface area contributed by atoms with E-state index in [0.29, 0.717) is 5.56 Å². The van der Waals surface area contributed by atoms with Crippen molar-refractivity contribution < 1.29 is 23.1 Å². The average molecular weight is 393 g/mol. The first kappa shape index (κ1) is 20.1. The van der Waals surface area contributed by atoms with Gasteiger partial charge in [-0.15, -0.1) is 0 Å². The third-order valence-corrected chi connectivity index (χ3v) is 4.19. The van der Waals surface area contributed by atoms with Gasteiger partial charge in [0.05, 0.1) is 16.3 Å². The van der Waals surface area contributed by atoms with Gasteiger partial charge in [0, 0.05) is 17.8 Å². The largest absolute Gasteiger partial charge is 0.455 e. The van der Waals surface area contributed by atoms with Crippen LogP contribution in [-0.4, -0.2) is 29.2 Å². The van der Waals surface area contributed by atoms with E-state index >= 15 is 0 Å². The van der Waals surface area contributed by atoms with Crippen LogP contribution in [0, 0.1) is 29.9 Å². The standard InChI is InChI=1S/C17H13F2N3O4S/c1-9-4-14(23)22-17(11(9)6-20)27-8-16(25)26-7-15(24)21-10-2-3-12(18)13(19)5-10/h2-5H,7-8H2,1H3,(H,21,24)(H,22,23). The monoisotopic (exact) mass is 393 g/mol. The molecule has 1 aromatic carbocycles. The number of pyridine rings is 1. The second kappa shape index (κ2) is 8.95. The molecule has 0 unspecified atom stereocenters. The SMILES string of the molecule is Cc1cc(=O)[nH]c(SCC(=O)OCC(=O)Nc2ccc(F)c(F)c2)c1C#N. The zero-order valence-electron chi connectivity index (χ0n) is 14.0. The van der Waals surface area contributed by atoms with E-state index in [2.05, 4.69) is 10.3 Å². The number of thioether (sulfide) groups is 1. The molecule has 2 N–H and O–H groups in total. The van der Waals surface area contributed by atoms with Gasteiger partial charge in [-0.3, -0.25) is 14.4 Å². The number of aromatic nitrogens is 1. The predicted molar refractivity (Wildman–Crippen MR) is 93.2 cm³/mol. The normalized spacial score (nSPS) is 10.1. The Bertz CT molecular complexity index is 985. The van der Waals surface area contributed by atoms with Crippen molar-refractivity contribution in [2.24, 2.45) is 0 Å². The van der Waals surface area contributed by atoms with Crippen LogP contribution in [0.2, 0.25) is 0 Å². The van der Waals surface area contributed by atoms with E-state index in [9.17, 15) is 23.2 Å². The van der Waals surface area contributed by atoms with Gasteiger partial charge in [-0.1, -0.05) is 11.8 Å². The number of hydrogen-bond donors (Lipinski definition) is 2. The molecule has 0 saturated carbocycles. The summed E-state index contributed by atoms with van der Waals surface area (Å²) < 4.78 is 30.6. The van der Waals surface area contributed by atoms with Crippen LogP contribution < -0.4 is 10.9 Å². The molecule has 0 saturated heterocycles. The Morgan fingerprint density at radius 2 is 2.04 bits per heavy atom. The minimum absolute atomic E-state index is 0.0142. The van der Waals surface area contributed by atoms with E-state index in [1.807, 2.05) is 6.07 Å². The van der Waals surface area contributed by atoms with Crippen molar-refractivity contribution in [2.75, 3.05) is 17.7 Å². The van der Waals surface area contributed by atoms with Crippen molar-refractivity contribution in [3.63, 3.8) is 0 Å². The fourth-order valence-electron chi connectivity index (χ4n) is 2.00. The third-order valence-electron chi connectivity index (χ3n) is 3.22. The molecule has 1 amide bonds. The molecule has 7 nitrogen and oxygen atoms in total. The number of aromatic amines is 1. The van der Waals surface area contributed by atoms with E-state index in [1.54, 1.807) is 6.92 Å². The van der Waals surface area contributed by atoms with Gasteiger partial charge < -0.3 is 15.0 Å². The number of amides is 1. The summed E-state index contributed by atoms with van der Waals surface area (Å²) in [7, 11) is 0. The number of esters is 1. The molecular weight excluding hydrogens is 380 g/mol. The highest BCUT2D eigenvalue weighted by Gasteiger charge is 2.13. The molecule has 27 heavy (non-hydrogen) atoms. The quantitative estimate of drug-likeness (QED) is 0.574. The van der Waals surface area contributed by atoms with E-state index in [-0.39, 0.29) is 22.0 Å². The topological polar surface area (TPSA) is 112 Å². The number of hydrogen-bond acceptors (Lipinski definition) is 6. The van der Waals surface area contributed by atoms with Gasteiger partial charge in [0.15, 0.2) is 18.2 Å². The molecule has 0 fully saturated rings. The maximum Gasteiger partial charge on any atom is 0.316 e. The smallest absolute Gasteiger partial charge is 0.316 e. The van der Waals surface area contributed by atoms with Crippen LogP contribution in [0.3, 0.4) is 0 Å². The van der Waals surface area contributed by atoms with Crippen LogP contribution in [0.1, 0.15) is 11.1 Å². The summed E-state index contributed by atoms with van der Waals surface area (Å²) in [6.07, 6.45) is 0. The number of anilines is 1. The number of carbonyl (C=O) groups is 2. The van der Waals surface area contributed by atoms with Gasteiger partial charge in [0.1, 0.15) is 6.07 Å². The zero-order valence-corrected chi connectivity index (χ0v) is 14.8. The summed E-state index contributed by atoms with van der Waals surface area (Å²) in [6.45, 7) is 0.965. The lowest BCUT2D eigenvalue weighted by Gasteiger charge is -2.08. The highest BCUT2D eigenvalue weighted by atomic mass is 32.2. The maximum absolute atomic E-state index is 13.1. The second-order valence-electron chi connectivity index (χ2n) is 5.26. The first-order valence-electron chi connectivity index (χ1n) is 7.47. The lowest BCUT2D eigenvalue weighted by molar-refractivity contribution is -0.144. The number of ether oxygens (including phenoxy) is 1. The molecule has 2 aromatic rings. The summed E-state index contributed by atoms with van der Waals surface area (Å²) in [5, 5.41) is 11.6. The van der Waals surface area contributed by atoms with Crippen molar-refractivity contribution in [1.29, 1.82) is 5.26 Å². The molecule has 0 bridgehead atoms. The first-order chi connectivity index (χ1) is 12.8. The average Bonchev–Trinajstić information content (AvgIpc) is 2.61. The molecular formula is C17H13F2N3O4S. The molecule has 0 aliphatic carbocycles. The lowest BCUT2D eigenvalue weighted by Crippen LogP contribution is -2.22. The Kier molecular flexibility index (Phi) is 6.67. The Balaban J connectivity index is 1.86. The Morgan fingerprint density at radius 3 is 2.70 bits per heavy atom. The summed E-state index contributed by atoms with van der Waals surface area (Å²) in [4.78, 5) is 37.3. The first-order valence-corrected chi connectivity index (χ1v) is 8.46. The number of carbonyl (C=O) groups excluding carboxylic acids is 2. The van der Waals surface area contributed by atoms with Gasteiger partial charge >= 0.3 is 5.97 Å². The van der Waals surface area contributed by atoms with Crippen molar-refractivity contribution in [2.45, 2.75) is 11.9 Å². The minimum Gasteiger partial charge on any atom is -0.455 e. The van der Waals surface area contributed by atoms with Gasteiger partial charge in [-0.25, -0.2) is 8.78 Å². The maximum atomic E-state index is 13.1. The van der Waals surface area contributed by atoms with Crippen LogP contribution in [0.25, 0.3) is 0 Å². The highest BCUT2D eigenvalue weighted by Crippen LogP contribution is 2.21. The van der Waals surface area contributed by atoms with E-state index in [1.165, 1.54) is 6.07 Å². The number of rotatable bonds is 6. The minimum atomic E-state index is -1.12. The number of nitrogens with zero attached hydrogens (tertiary/aromatic N) is 1. The summed E-state index contributed by atoms with van der Waals surface area (Å²) in [5.41, 5.74) is 0.320. The molecule has 2 rings (SSSR count). The molecule has 10 heteroatoms. The van der Waals surface area contributed by atoms with Crippen LogP contribution in [0.5, 0.6) is 0 Å². The molecule has 140 valence electrons. The number of nitriles is 1. The second-order valence-corrected chi connectivity index (χ2v) is 6.24. The molecule has 0 spiro atoms. The molecule has 0 atom stereocenters. The number of aryl methyl sites for hydroxylation is 1. The Hall–Kier alpha value is -3.19. The molecule has 0 aliphatic heterocycles. The van der Waals surface area contributed by atoms with Crippen molar-refractivity contribution in [1.82, 2.24) is 4.98 Å². The number of H-pyrrole nitrogens is 1. The van der Waals surface area contributed by atoms with Crippen molar-refractivity contribution >= 4 is 29.3 Å². The third kappa shape index (κ3) is 5.65. The van der Waals surface area contributed by atoms with E-state index in [0.717, 1.165) is 30.0 Å². The molecule has 0 aliphatic rings. The highest BCUT2D eigenvalue weighted by molar-refractivity contribution is 7.99. The van der Waals surface area contributed by atoms with Crippen molar-refractivity contribution in [3.05, 3.63) is 57.4 Å². The molecule has 1 heterocycles. The fourth-order valence-corrected chi connectivity index (χ4v) is 2.86.